The predicted molar refractivity (Wildman–Crippen MR) is 72.4 cm³/mol. The molecule has 1 aliphatic heterocycles. The summed E-state index contributed by atoms with van der Waals surface area (Å²) in [6, 6.07) is 11.1. The van der Waals surface area contributed by atoms with Crippen LogP contribution >= 0.6 is 11.5 Å². The van der Waals surface area contributed by atoms with Crippen molar-refractivity contribution in [3.63, 3.8) is 0 Å². The van der Waals surface area contributed by atoms with Crippen LogP contribution in [0.2, 0.25) is 0 Å². The fourth-order valence-electron chi connectivity index (χ4n) is 2.40. The van der Waals surface area contributed by atoms with Crippen LogP contribution in [-0.4, -0.2) is 34.1 Å². The molecule has 1 fully saturated rings. The van der Waals surface area contributed by atoms with Gasteiger partial charge >= 0.3 is 0 Å². The molecular formula is C13H16N4S. The first-order valence-electron chi connectivity index (χ1n) is 6.19. The first kappa shape index (κ1) is 11.8. The summed E-state index contributed by atoms with van der Waals surface area (Å²) in [7, 11) is 0. The van der Waals surface area contributed by atoms with Gasteiger partial charge in [0.05, 0.1) is 5.69 Å². The second-order valence-corrected chi connectivity index (χ2v) is 5.11. The molecule has 1 unspecified atom stereocenters. The molecule has 18 heavy (non-hydrogen) atoms. The van der Waals surface area contributed by atoms with E-state index in [0.717, 1.165) is 31.9 Å². The number of nitrogens with one attached hydrogen (secondary N) is 1. The van der Waals surface area contributed by atoms with Gasteiger partial charge in [0.1, 0.15) is 0 Å². The average molecular weight is 260 g/mol. The molecule has 0 radical (unpaired) electrons. The van der Waals surface area contributed by atoms with Crippen LogP contribution in [0.3, 0.4) is 0 Å². The van der Waals surface area contributed by atoms with Gasteiger partial charge in [0.25, 0.3) is 0 Å². The molecule has 1 saturated heterocycles. The van der Waals surface area contributed by atoms with Crippen molar-refractivity contribution in [3.8, 4) is 0 Å². The smallest absolute Gasteiger partial charge is 0.0895 e. The van der Waals surface area contributed by atoms with Gasteiger partial charge in [-0.25, -0.2) is 0 Å². The SMILES string of the molecule is c1ccc(C2CNCCN2Cc2csnn2)cc1. The van der Waals surface area contributed by atoms with E-state index in [0.29, 0.717) is 6.04 Å². The monoisotopic (exact) mass is 260 g/mol. The van der Waals surface area contributed by atoms with Crippen LogP contribution in [0.5, 0.6) is 0 Å². The lowest BCUT2D eigenvalue weighted by molar-refractivity contribution is 0.152. The lowest BCUT2D eigenvalue weighted by Crippen LogP contribution is -2.45. The van der Waals surface area contributed by atoms with E-state index in [9.17, 15) is 0 Å². The van der Waals surface area contributed by atoms with Crippen LogP contribution in [0, 0.1) is 0 Å². The molecule has 0 bridgehead atoms. The molecule has 0 saturated carbocycles. The summed E-state index contributed by atoms with van der Waals surface area (Å²) in [5.74, 6) is 0. The normalized spacial score (nSPS) is 21.0. The Balaban J connectivity index is 1.78. The van der Waals surface area contributed by atoms with Crippen molar-refractivity contribution in [2.75, 3.05) is 19.6 Å². The Morgan fingerprint density at radius 1 is 1.33 bits per heavy atom. The average Bonchev–Trinajstić information content (AvgIpc) is 2.93. The van der Waals surface area contributed by atoms with Crippen molar-refractivity contribution in [2.45, 2.75) is 12.6 Å². The second kappa shape index (κ2) is 5.56. The van der Waals surface area contributed by atoms with Crippen LogP contribution in [0.4, 0.5) is 0 Å². The van der Waals surface area contributed by atoms with Crippen molar-refractivity contribution >= 4 is 11.5 Å². The summed E-state index contributed by atoms with van der Waals surface area (Å²) in [6.45, 7) is 3.98. The molecule has 1 N–H and O–H groups in total. The molecule has 5 heteroatoms. The molecule has 0 amide bonds. The van der Waals surface area contributed by atoms with Gasteiger partial charge in [0, 0.05) is 37.6 Å². The standard InChI is InChI=1S/C13H16N4S/c1-2-4-11(5-3-1)13-8-14-6-7-17(13)9-12-10-18-16-15-12/h1-5,10,13-14H,6-9H2. The quantitative estimate of drug-likeness (QED) is 0.911. The highest BCUT2D eigenvalue weighted by molar-refractivity contribution is 7.03. The van der Waals surface area contributed by atoms with Crippen LogP contribution in [0.25, 0.3) is 0 Å². The van der Waals surface area contributed by atoms with E-state index >= 15 is 0 Å². The molecular weight excluding hydrogens is 244 g/mol. The fraction of sp³-hybridized carbons (Fsp3) is 0.385. The van der Waals surface area contributed by atoms with Crippen LogP contribution < -0.4 is 5.32 Å². The topological polar surface area (TPSA) is 41.0 Å². The number of nitrogens with zero attached hydrogens (tertiary/aromatic N) is 3. The Hall–Kier alpha value is -1.30. The van der Waals surface area contributed by atoms with Gasteiger partial charge in [0.2, 0.25) is 0 Å². The zero-order valence-electron chi connectivity index (χ0n) is 10.1. The van der Waals surface area contributed by atoms with Gasteiger partial charge in [-0.2, -0.15) is 0 Å². The number of aromatic nitrogens is 2. The molecule has 2 aromatic rings. The maximum Gasteiger partial charge on any atom is 0.0895 e. The Kier molecular flexibility index (Phi) is 3.64. The Bertz CT molecular complexity index is 471. The molecule has 0 aliphatic carbocycles. The van der Waals surface area contributed by atoms with E-state index in [2.05, 4.69) is 50.1 Å². The molecule has 1 aliphatic rings. The largest absolute Gasteiger partial charge is 0.314 e. The first-order chi connectivity index (χ1) is 8.93. The van der Waals surface area contributed by atoms with Gasteiger partial charge in [0.15, 0.2) is 0 Å². The highest BCUT2D eigenvalue weighted by atomic mass is 32.1. The number of hydrogen-bond donors (Lipinski definition) is 1. The molecule has 3 rings (SSSR count). The first-order valence-corrected chi connectivity index (χ1v) is 7.03. The van der Waals surface area contributed by atoms with E-state index < -0.39 is 0 Å². The van der Waals surface area contributed by atoms with Gasteiger partial charge in [-0.1, -0.05) is 34.8 Å². The van der Waals surface area contributed by atoms with Crippen LogP contribution in [0.1, 0.15) is 17.3 Å². The van der Waals surface area contributed by atoms with Gasteiger partial charge in [-0.3, -0.25) is 4.90 Å². The second-order valence-electron chi connectivity index (χ2n) is 4.50. The number of benzene rings is 1. The fourth-order valence-corrected chi connectivity index (χ4v) is 2.84. The molecule has 94 valence electrons. The Morgan fingerprint density at radius 2 is 2.22 bits per heavy atom. The summed E-state index contributed by atoms with van der Waals surface area (Å²) in [5, 5.41) is 9.64. The third-order valence-electron chi connectivity index (χ3n) is 3.31. The van der Waals surface area contributed by atoms with E-state index in [1.54, 1.807) is 0 Å². The van der Waals surface area contributed by atoms with Crippen molar-refractivity contribution in [1.82, 2.24) is 19.8 Å². The summed E-state index contributed by atoms with van der Waals surface area (Å²) in [6.07, 6.45) is 0. The molecule has 1 aromatic carbocycles. The lowest BCUT2D eigenvalue weighted by atomic mass is 10.0. The van der Waals surface area contributed by atoms with Crippen molar-refractivity contribution < 1.29 is 0 Å². The summed E-state index contributed by atoms with van der Waals surface area (Å²) >= 11 is 1.42. The third kappa shape index (κ3) is 2.58. The van der Waals surface area contributed by atoms with E-state index in [-0.39, 0.29) is 0 Å². The molecule has 0 spiro atoms. The highest BCUT2D eigenvalue weighted by Gasteiger charge is 2.24. The summed E-state index contributed by atoms with van der Waals surface area (Å²) < 4.78 is 3.93. The minimum Gasteiger partial charge on any atom is -0.314 e. The van der Waals surface area contributed by atoms with Crippen molar-refractivity contribution in [1.29, 1.82) is 0 Å². The predicted octanol–water partition coefficient (Wildman–Crippen LogP) is 1.68. The Morgan fingerprint density at radius 3 is 3.00 bits per heavy atom. The van der Waals surface area contributed by atoms with Gasteiger partial charge in [-0.15, -0.1) is 5.10 Å². The summed E-state index contributed by atoms with van der Waals surface area (Å²) in [4.78, 5) is 2.47. The van der Waals surface area contributed by atoms with Crippen molar-refractivity contribution in [2.24, 2.45) is 0 Å². The van der Waals surface area contributed by atoms with Crippen LogP contribution in [0.15, 0.2) is 35.7 Å². The van der Waals surface area contributed by atoms with Gasteiger partial charge in [-0.05, 0) is 17.1 Å². The molecule has 1 aromatic heterocycles. The number of hydrogen-bond acceptors (Lipinski definition) is 5. The number of piperazine rings is 1. The lowest BCUT2D eigenvalue weighted by Gasteiger charge is -2.36. The maximum absolute atomic E-state index is 4.14. The zero-order valence-corrected chi connectivity index (χ0v) is 10.9. The van der Waals surface area contributed by atoms with Crippen molar-refractivity contribution in [3.05, 3.63) is 47.0 Å². The molecule has 1 atom stereocenters. The van der Waals surface area contributed by atoms with E-state index in [1.165, 1.54) is 17.1 Å². The Labute approximate surface area is 111 Å². The highest BCUT2D eigenvalue weighted by Crippen LogP contribution is 2.23. The molecule has 4 nitrogen and oxygen atoms in total. The maximum atomic E-state index is 4.14. The van der Waals surface area contributed by atoms with Crippen LogP contribution in [-0.2, 0) is 6.54 Å². The van der Waals surface area contributed by atoms with E-state index in [4.69, 9.17) is 0 Å². The third-order valence-corrected chi connectivity index (χ3v) is 3.86. The zero-order chi connectivity index (χ0) is 12.2. The summed E-state index contributed by atoms with van der Waals surface area (Å²) in [5.41, 5.74) is 2.44. The minimum atomic E-state index is 0.432. The van der Waals surface area contributed by atoms with E-state index in [1.807, 2.05) is 5.38 Å². The van der Waals surface area contributed by atoms with Gasteiger partial charge < -0.3 is 5.32 Å². The molecule has 2 heterocycles. The minimum absolute atomic E-state index is 0.432. The number of rotatable bonds is 3.